The summed E-state index contributed by atoms with van der Waals surface area (Å²) in [4.78, 5) is 4.25. The molecule has 0 fully saturated rings. The van der Waals surface area contributed by atoms with Crippen molar-refractivity contribution in [2.75, 3.05) is 0 Å². The highest BCUT2D eigenvalue weighted by Gasteiger charge is 2.24. The Balaban J connectivity index is 1.90. The van der Waals surface area contributed by atoms with Crippen LogP contribution in [0.3, 0.4) is 0 Å². The van der Waals surface area contributed by atoms with E-state index in [1.807, 2.05) is 31.2 Å². The number of halogens is 1. The van der Waals surface area contributed by atoms with Crippen LogP contribution in [0.4, 0.5) is 0 Å². The van der Waals surface area contributed by atoms with E-state index >= 15 is 0 Å². The summed E-state index contributed by atoms with van der Waals surface area (Å²) in [6.45, 7) is 2.00. The predicted octanol–water partition coefficient (Wildman–Crippen LogP) is 2.37. The van der Waals surface area contributed by atoms with Crippen LogP contribution in [-0.2, 0) is 11.2 Å². The van der Waals surface area contributed by atoms with E-state index in [4.69, 9.17) is 22.1 Å². The molecule has 2 rings (SSSR count). The van der Waals surface area contributed by atoms with Crippen molar-refractivity contribution in [1.29, 1.82) is 0 Å². The fourth-order valence-corrected chi connectivity index (χ4v) is 1.96. The van der Waals surface area contributed by atoms with E-state index < -0.39 is 0 Å². The van der Waals surface area contributed by atoms with Gasteiger partial charge in [0, 0.05) is 5.02 Å². The van der Waals surface area contributed by atoms with Crippen molar-refractivity contribution in [2.45, 2.75) is 31.9 Å². The smallest absolute Gasteiger partial charge is 0.282 e. The number of benzene rings is 1. The number of nitrogens with zero attached hydrogens (tertiary/aromatic N) is 1. The van der Waals surface area contributed by atoms with E-state index in [9.17, 15) is 0 Å². The van der Waals surface area contributed by atoms with Crippen LogP contribution in [0.15, 0.2) is 29.3 Å². The summed E-state index contributed by atoms with van der Waals surface area (Å²) in [6, 6.07) is 8.38. The Morgan fingerprint density at radius 2 is 2.06 bits per heavy atom. The topological polar surface area (TPSA) is 47.6 Å². The van der Waals surface area contributed by atoms with Gasteiger partial charge in [-0.15, -0.1) is 0 Å². The van der Waals surface area contributed by atoms with Gasteiger partial charge in [-0.25, -0.2) is 4.99 Å². The average molecular weight is 239 g/mol. The predicted molar refractivity (Wildman–Crippen MR) is 65.7 cm³/mol. The lowest BCUT2D eigenvalue weighted by Crippen LogP contribution is -2.20. The van der Waals surface area contributed by atoms with Crippen molar-refractivity contribution in [2.24, 2.45) is 10.7 Å². The largest absolute Gasteiger partial charge is 0.460 e. The molecule has 1 aliphatic rings. The molecule has 2 N–H and O–H groups in total. The summed E-state index contributed by atoms with van der Waals surface area (Å²) in [5, 5.41) is 0.767. The second-order valence-corrected chi connectivity index (χ2v) is 4.46. The molecular weight excluding hydrogens is 224 g/mol. The van der Waals surface area contributed by atoms with Crippen molar-refractivity contribution >= 4 is 17.6 Å². The molecule has 0 bridgehead atoms. The zero-order valence-electron chi connectivity index (χ0n) is 9.19. The molecule has 2 atom stereocenters. The van der Waals surface area contributed by atoms with Crippen molar-refractivity contribution in [3.8, 4) is 0 Å². The second kappa shape index (κ2) is 4.74. The van der Waals surface area contributed by atoms with E-state index in [-0.39, 0.29) is 12.1 Å². The van der Waals surface area contributed by atoms with Crippen LogP contribution >= 0.6 is 11.6 Å². The molecule has 0 radical (unpaired) electrons. The van der Waals surface area contributed by atoms with Gasteiger partial charge in [-0.1, -0.05) is 23.7 Å². The monoisotopic (exact) mass is 238 g/mol. The molecule has 3 nitrogen and oxygen atoms in total. The minimum absolute atomic E-state index is 0.0901. The molecule has 0 aromatic heterocycles. The lowest BCUT2D eigenvalue weighted by Gasteiger charge is -2.11. The van der Waals surface area contributed by atoms with Crippen LogP contribution in [0.1, 0.15) is 18.9 Å². The summed E-state index contributed by atoms with van der Waals surface area (Å²) in [5.74, 6) is 0. The minimum atomic E-state index is 0.0901. The highest BCUT2D eigenvalue weighted by Crippen LogP contribution is 2.18. The quantitative estimate of drug-likeness (QED) is 0.879. The number of amidine groups is 1. The third-order valence-corrected chi connectivity index (χ3v) is 3.04. The highest BCUT2D eigenvalue weighted by atomic mass is 35.5. The van der Waals surface area contributed by atoms with Gasteiger partial charge in [0.15, 0.2) is 0 Å². The summed E-state index contributed by atoms with van der Waals surface area (Å²) in [5.41, 5.74) is 6.78. The molecule has 86 valence electrons. The molecule has 16 heavy (non-hydrogen) atoms. The molecular formula is C12H15ClN2O. The number of hydrogen-bond donors (Lipinski definition) is 1. The summed E-state index contributed by atoms with van der Waals surface area (Å²) >= 11 is 5.82. The number of aryl methyl sites for hydroxylation is 1. The fraction of sp³-hybridized carbons (Fsp3) is 0.417. The van der Waals surface area contributed by atoms with Crippen LogP contribution in [0.25, 0.3) is 0 Å². The molecule has 0 saturated heterocycles. The van der Waals surface area contributed by atoms with E-state index in [1.165, 1.54) is 5.56 Å². The molecule has 0 amide bonds. The molecule has 0 unspecified atom stereocenters. The van der Waals surface area contributed by atoms with Gasteiger partial charge in [0.1, 0.15) is 6.10 Å². The fourth-order valence-electron chi connectivity index (χ4n) is 1.83. The number of ether oxygens (including phenoxy) is 1. The van der Waals surface area contributed by atoms with Gasteiger partial charge in [0.2, 0.25) is 0 Å². The first-order valence-electron chi connectivity index (χ1n) is 5.39. The first-order valence-corrected chi connectivity index (χ1v) is 5.77. The van der Waals surface area contributed by atoms with Crippen molar-refractivity contribution in [3.05, 3.63) is 34.9 Å². The Bertz CT molecular complexity index is 389. The van der Waals surface area contributed by atoms with Crippen molar-refractivity contribution in [3.63, 3.8) is 0 Å². The van der Waals surface area contributed by atoms with Crippen LogP contribution < -0.4 is 5.73 Å². The maximum Gasteiger partial charge on any atom is 0.282 e. The van der Waals surface area contributed by atoms with Crippen molar-refractivity contribution < 1.29 is 4.74 Å². The maximum absolute atomic E-state index is 5.82. The zero-order chi connectivity index (χ0) is 11.5. The second-order valence-electron chi connectivity index (χ2n) is 4.02. The molecule has 1 heterocycles. The van der Waals surface area contributed by atoms with Gasteiger partial charge >= 0.3 is 0 Å². The van der Waals surface area contributed by atoms with Gasteiger partial charge in [-0.05, 0) is 37.5 Å². The Kier molecular flexibility index (Phi) is 3.34. The molecule has 0 aliphatic carbocycles. The Morgan fingerprint density at radius 1 is 1.38 bits per heavy atom. The summed E-state index contributed by atoms with van der Waals surface area (Å²) < 4.78 is 5.29. The Labute approximate surface area is 100 Å². The lowest BCUT2D eigenvalue weighted by atomic mass is 10.0. The van der Waals surface area contributed by atoms with Crippen LogP contribution in [0, 0.1) is 0 Å². The van der Waals surface area contributed by atoms with Crippen molar-refractivity contribution in [1.82, 2.24) is 0 Å². The van der Waals surface area contributed by atoms with Crippen LogP contribution in [0.5, 0.6) is 0 Å². The molecule has 0 spiro atoms. The van der Waals surface area contributed by atoms with E-state index in [0.29, 0.717) is 6.02 Å². The number of hydrogen-bond acceptors (Lipinski definition) is 3. The van der Waals surface area contributed by atoms with Crippen LogP contribution in [-0.4, -0.2) is 18.2 Å². The lowest BCUT2D eigenvalue weighted by molar-refractivity contribution is 0.205. The third kappa shape index (κ3) is 2.67. The highest BCUT2D eigenvalue weighted by molar-refractivity contribution is 6.30. The van der Waals surface area contributed by atoms with Gasteiger partial charge in [0.25, 0.3) is 6.02 Å². The molecule has 1 aromatic carbocycles. The van der Waals surface area contributed by atoms with Gasteiger partial charge in [-0.3, -0.25) is 0 Å². The normalized spacial score (nSPS) is 24.0. The van der Waals surface area contributed by atoms with E-state index in [1.54, 1.807) is 0 Å². The van der Waals surface area contributed by atoms with Gasteiger partial charge < -0.3 is 10.5 Å². The zero-order valence-corrected chi connectivity index (χ0v) is 9.95. The Hall–Kier alpha value is -1.22. The SMILES string of the molecule is C[C@H]1OC(N)=N[C@H]1CCc1ccc(Cl)cc1. The first-order chi connectivity index (χ1) is 7.65. The average Bonchev–Trinajstić information content (AvgIpc) is 2.57. The third-order valence-electron chi connectivity index (χ3n) is 2.78. The summed E-state index contributed by atoms with van der Waals surface area (Å²) in [7, 11) is 0. The standard InChI is InChI=1S/C12H15ClN2O/c1-8-11(15-12(14)16-8)7-4-9-2-5-10(13)6-3-9/h2-3,5-6,8,11H,4,7H2,1H3,(H2,14,15)/t8-,11+/m1/s1. The minimum Gasteiger partial charge on any atom is -0.460 e. The van der Waals surface area contributed by atoms with Crippen LogP contribution in [0.2, 0.25) is 5.02 Å². The number of aliphatic imine (C=N–C) groups is 1. The molecule has 0 saturated carbocycles. The number of rotatable bonds is 3. The van der Waals surface area contributed by atoms with E-state index in [0.717, 1.165) is 17.9 Å². The first kappa shape index (κ1) is 11.3. The van der Waals surface area contributed by atoms with Gasteiger partial charge in [-0.2, -0.15) is 0 Å². The molecule has 1 aromatic rings. The Morgan fingerprint density at radius 3 is 2.62 bits per heavy atom. The van der Waals surface area contributed by atoms with E-state index in [2.05, 4.69) is 4.99 Å². The number of nitrogens with two attached hydrogens (primary N) is 1. The maximum atomic E-state index is 5.82. The van der Waals surface area contributed by atoms with Gasteiger partial charge in [0.05, 0.1) is 6.04 Å². The molecule has 1 aliphatic heterocycles. The summed E-state index contributed by atoms with van der Waals surface area (Å²) in [6.07, 6.45) is 2.00. The molecule has 4 heteroatoms.